The van der Waals surface area contributed by atoms with Gasteiger partial charge in [-0.1, -0.05) is 35.9 Å². The molecule has 164 valence electrons. The van der Waals surface area contributed by atoms with Crippen LogP contribution >= 0.6 is 11.6 Å². The topological polar surface area (TPSA) is 99.2 Å². The Morgan fingerprint density at radius 2 is 1.71 bits per heavy atom. The molecule has 9 heteroatoms. The number of nitrogens with zero attached hydrogens (tertiary/aromatic N) is 2. The molecule has 0 radical (unpaired) electrons. The average Bonchev–Trinajstić information content (AvgIpc) is 2.75. The molecule has 1 heterocycles. The van der Waals surface area contributed by atoms with Gasteiger partial charge in [-0.15, -0.1) is 0 Å². The van der Waals surface area contributed by atoms with Gasteiger partial charge in [0.25, 0.3) is 5.91 Å². The largest absolute Gasteiger partial charge is 0.480 e. The lowest BCUT2D eigenvalue weighted by Gasteiger charge is -2.31. The summed E-state index contributed by atoms with van der Waals surface area (Å²) in [6.45, 7) is 2.81. The number of ether oxygens (including phenoxy) is 1. The van der Waals surface area contributed by atoms with Crippen LogP contribution in [-0.4, -0.2) is 72.1 Å². The standard InChI is InChI=1S/C22H24ClN3O5/c1-25-10-12-26(13-11-25)22(30)31-16-8-6-15(7-9-16)14-19(21(28)29)24-20(27)17-4-2-3-5-18(17)23/h2-9,19H,10-14H2,1H3,(H,24,27)(H,28,29)/t19-/m0/s1. The molecular formula is C22H24ClN3O5. The number of rotatable bonds is 6. The van der Waals surface area contributed by atoms with E-state index in [1.54, 1.807) is 47.4 Å². The molecule has 0 aliphatic carbocycles. The molecule has 1 saturated heterocycles. The zero-order valence-electron chi connectivity index (χ0n) is 17.1. The molecule has 31 heavy (non-hydrogen) atoms. The molecule has 0 bridgehead atoms. The van der Waals surface area contributed by atoms with Crippen molar-refractivity contribution < 1.29 is 24.2 Å². The monoisotopic (exact) mass is 445 g/mol. The maximum absolute atomic E-state index is 12.4. The van der Waals surface area contributed by atoms with Crippen molar-refractivity contribution in [3.05, 3.63) is 64.7 Å². The van der Waals surface area contributed by atoms with Gasteiger partial charge in [-0.25, -0.2) is 9.59 Å². The third-order valence-electron chi connectivity index (χ3n) is 5.05. The lowest BCUT2D eigenvalue weighted by Crippen LogP contribution is -2.48. The van der Waals surface area contributed by atoms with E-state index in [0.29, 0.717) is 24.4 Å². The molecule has 3 rings (SSSR count). The van der Waals surface area contributed by atoms with Crippen molar-refractivity contribution in [2.24, 2.45) is 0 Å². The van der Waals surface area contributed by atoms with Crippen LogP contribution < -0.4 is 10.1 Å². The Labute approximate surface area is 185 Å². The number of hydrogen-bond donors (Lipinski definition) is 2. The number of halogens is 1. The number of amides is 2. The SMILES string of the molecule is CN1CCN(C(=O)Oc2ccc(C[C@H](NC(=O)c3ccccc3Cl)C(=O)O)cc2)CC1. The molecular weight excluding hydrogens is 422 g/mol. The van der Waals surface area contributed by atoms with E-state index in [1.807, 2.05) is 7.05 Å². The molecule has 2 aromatic rings. The Hall–Kier alpha value is -3.10. The molecule has 0 spiro atoms. The second kappa shape index (κ2) is 10.3. The van der Waals surface area contributed by atoms with Crippen LogP contribution in [0.1, 0.15) is 15.9 Å². The Morgan fingerprint density at radius 3 is 2.32 bits per heavy atom. The van der Waals surface area contributed by atoms with Crippen LogP contribution in [0, 0.1) is 0 Å². The fraction of sp³-hybridized carbons (Fsp3) is 0.318. The van der Waals surface area contributed by atoms with Crippen LogP contribution in [-0.2, 0) is 11.2 Å². The lowest BCUT2D eigenvalue weighted by atomic mass is 10.1. The smallest absolute Gasteiger partial charge is 0.415 e. The Bertz CT molecular complexity index is 942. The average molecular weight is 446 g/mol. The molecule has 1 atom stereocenters. The van der Waals surface area contributed by atoms with Crippen LogP contribution in [0.15, 0.2) is 48.5 Å². The second-order valence-electron chi connectivity index (χ2n) is 7.35. The second-order valence-corrected chi connectivity index (χ2v) is 7.76. The number of carboxylic acids is 1. The Kier molecular flexibility index (Phi) is 7.49. The number of piperazine rings is 1. The first-order chi connectivity index (χ1) is 14.8. The fourth-order valence-corrected chi connectivity index (χ4v) is 3.39. The van der Waals surface area contributed by atoms with Gasteiger partial charge >= 0.3 is 12.1 Å². The van der Waals surface area contributed by atoms with Gasteiger partial charge in [-0.05, 0) is 36.9 Å². The summed E-state index contributed by atoms with van der Waals surface area (Å²) < 4.78 is 5.40. The van der Waals surface area contributed by atoms with Gasteiger partial charge in [0.05, 0.1) is 10.6 Å². The summed E-state index contributed by atoms with van der Waals surface area (Å²) in [7, 11) is 2.00. The summed E-state index contributed by atoms with van der Waals surface area (Å²) in [5.74, 6) is -1.35. The van der Waals surface area contributed by atoms with E-state index < -0.39 is 24.0 Å². The van der Waals surface area contributed by atoms with Crippen molar-refractivity contribution in [2.45, 2.75) is 12.5 Å². The molecule has 1 fully saturated rings. The maximum Gasteiger partial charge on any atom is 0.415 e. The molecule has 0 unspecified atom stereocenters. The van der Waals surface area contributed by atoms with Crippen LogP contribution in [0.4, 0.5) is 4.79 Å². The Balaban J connectivity index is 1.59. The molecule has 1 aliphatic heterocycles. The van der Waals surface area contributed by atoms with E-state index in [-0.39, 0.29) is 17.0 Å². The quantitative estimate of drug-likeness (QED) is 0.708. The first-order valence-electron chi connectivity index (χ1n) is 9.86. The van der Waals surface area contributed by atoms with Crippen molar-refractivity contribution in [1.82, 2.24) is 15.1 Å². The molecule has 2 aromatic carbocycles. The highest BCUT2D eigenvalue weighted by Gasteiger charge is 2.23. The minimum Gasteiger partial charge on any atom is -0.480 e. The number of hydrogen-bond acceptors (Lipinski definition) is 5. The van der Waals surface area contributed by atoms with Crippen molar-refractivity contribution in [3.8, 4) is 5.75 Å². The van der Waals surface area contributed by atoms with E-state index >= 15 is 0 Å². The summed E-state index contributed by atoms with van der Waals surface area (Å²) in [4.78, 5) is 40.1. The Morgan fingerprint density at radius 1 is 1.06 bits per heavy atom. The highest BCUT2D eigenvalue weighted by atomic mass is 35.5. The fourth-order valence-electron chi connectivity index (χ4n) is 3.17. The number of aliphatic carboxylic acids is 1. The third-order valence-corrected chi connectivity index (χ3v) is 5.38. The van der Waals surface area contributed by atoms with E-state index in [0.717, 1.165) is 13.1 Å². The predicted molar refractivity (Wildman–Crippen MR) is 116 cm³/mol. The zero-order valence-corrected chi connectivity index (χ0v) is 17.8. The van der Waals surface area contributed by atoms with Crippen LogP contribution in [0.5, 0.6) is 5.75 Å². The minimum atomic E-state index is -1.16. The predicted octanol–water partition coefficient (Wildman–Crippen LogP) is 2.51. The van der Waals surface area contributed by atoms with Crippen LogP contribution in [0.3, 0.4) is 0 Å². The van der Waals surface area contributed by atoms with Gasteiger partial charge in [0.2, 0.25) is 0 Å². The molecule has 1 aliphatic rings. The highest BCUT2D eigenvalue weighted by Crippen LogP contribution is 2.17. The summed E-state index contributed by atoms with van der Waals surface area (Å²) in [5.41, 5.74) is 0.882. The number of carbonyl (C=O) groups excluding carboxylic acids is 2. The number of carbonyl (C=O) groups is 3. The van der Waals surface area contributed by atoms with Gasteiger partial charge in [0, 0.05) is 32.6 Å². The highest BCUT2D eigenvalue weighted by molar-refractivity contribution is 6.33. The first-order valence-corrected chi connectivity index (χ1v) is 10.2. The zero-order chi connectivity index (χ0) is 22.4. The molecule has 2 N–H and O–H groups in total. The van der Waals surface area contributed by atoms with E-state index in [2.05, 4.69) is 10.2 Å². The van der Waals surface area contributed by atoms with Gasteiger partial charge < -0.3 is 25.0 Å². The summed E-state index contributed by atoms with van der Waals surface area (Å²) in [6.07, 6.45) is -0.339. The summed E-state index contributed by atoms with van der Waals surface area (Å²) in [6, 6.07) is 11.9. The number of likely N-dealkylation sites (N-methyl/N-ethyl adjacent to an activating group) is 1. The number of carboxylic acid groups (broad SMARTS) is 1. The van der Waals surface area contributed by atoms with Crippen molar-refractivity contribution in [2.75, 3.05) is 33.2 Å². The first kappa shape index (κ1) is 22.6. The van der Waals surface area contributed by atoms with Gasteiger partial charge in [-0.2, -0.15) is 0 Å². The van der Waals surface area contributed by atoms with Crippen molar-refractivity contribution in [3.63, 3.8) is 0 Å². The van der Waals surface area contributed by atoms with E-state index in [1.165, 1.54) is 6.07 Å². The molecule has 2 amide bonds. The van der Waals surface area contributed by atoms with Crippen LogP contribution in [0.25, 0.3) is 0 Å². The summed E-state index contributed by atoms with van der Waals surface area (Å²) in [5, 5.41) is 12.3. The van der Waals surface area contributed by atoms with Crippen LogP contribution in [0.2, 0.25) is 5.02 Å². The molecule has 0 aromatic heterocycles. The maximum atomic E-state index is 12.4. The van der Waals surface area contributed by atoms with Gasteiger partial charge in [0.1, 0.15) is 11.8 Å². The number of benzene rings is 2. The van der Waals surface area contributed by atoms with Gasteiger partial charge in [0.15, 0.2) is 0 Å². The summed E-state index contributed by atoms with van der Waals surface area (Å²) >= 11 is 6.01. The van der Waals surface area contributed by atoms with Crippen molar-refractivity contribution in [1.29, 1.82) is 0 Å². The van der Waals surface area contributed by atoms with E-state index in [9.17, 15) is 19.5 Å². The van der Waals surface area contributed by atoms with Gasteiger partial charge in [-0.3, -0.25) is 4.79 Å². The minimum absolute atomic E-state index is 0.0677. The van der Waals surface area contributed by atoms with E-state index in [4.69, 9.17) is 16.3 Å². The molecule has 0 saturated carbocycles. The normalized spacial score (nSPS) is 15.2. The number of nitrogens with one attached hydrogen (secondary N) is 1. The van der Waals surface area contributed by atoms with Crippen molar-refractivity contribution >= 4 is 29.6 Å². The lowest BCUT2D eigenvalue weighted by molar-refractivity contribution is -0.139. The third kappa shape index (κ3) is 6.19. The molecule has 8 nitrogen and oxygen atoms in total.